The molecule has 0 fully saturated rings. The highest BCUT2D eigenvalue weighted by atomic mass is 32.2. The number of thiol groups is 1. The summed E-state index contributed by atoms with van der Waals surface area (Å²) in [6.07, 6.45) is 1.58. The predicted octanol–water partition coefficient (Wildman–Crippen LogP) is 2.25. The van der Waals surface area contributed by atoms with E-state index in [2.05, 4.69) is 22.2 Å². The Balaban J connectivity index is 2.41. The summed E-state index contributed by atoms with van der Waals surface area (Å²) in [5, 5.41) is 25.2. The SMILES string of the molecule is C=C/C(=C(\N=C(/N)Nc1ccc([SH](=N)=O)cc1)N[C@H](C)CO)c1cccc(O)c1. The average molecular weight is 416 g/mol. The van der Waals surface area contributed by atoms with E-state index in [-0.39, 0.29) is 24.4 Å². The van der Waals surface area contributed by atoms with Gasteiger partial charge in [0.15, 0.2) is 5.96 Å². The van der Waals surface area contributed by atoms with Crippen LogP contribution in [0.4, 0.5) is 5.69 Å². The van der Waals surface area contributed by atoms with Gasteiger partial charge in [-0.3, -0.25) is 4.78 Å². The lowest BCUT2D eigenvalue weighted by Crippen LogP contribution is -2.31. The first-order valence-electron chi connectivity index (χ1n) is 8.77. The van der Waals surface area contributed by atoms with Crippen LogP contribution in [0, 0.1) is 4.78 Å². The number of anilines is 1. The van der Waals surface area contributed by atoms with Crippen molar-refractivity contribution in [1.29, 1.82) is 4.78 Å². The predicted molar refractivity (Wildman–Crippen MR) is 117 cm³/mol. The summed E-state index contributed by atoms with van der Waals surface area (Å²) in [4.78, 5) is 4.80. The van der Waals surface area contributed by atoms with Crippen LogP contribution in [0.2, 0.25) is 0 Å². The van der Waals surface area contributed by atoms with Crippen molar-refractivity contribution in [3.63, 3.8) is 0 Å². The van der Waals surface area contributed by atoms with E-state index in [1.807, 2.05) is 0 Å². The number of hydrogen-bond donors (Lipinski definition) is 7. The highest BCUT2D eigenvalue weighted by Crippen LogP contribution is 2.23. The number of benzene rings is 2. The molecule has 0 aromatic heterocycles. The number of allylic oxidation sites excluding steroid dienone is 2. The van der Waals surface area contributed by atoms with Gasteiger partial charge in [-0.15, -0.1) is 0 Å². The molecule has 0 saturated heterocycles. The van der Waals surface area contributed by atoms with E-state index >= 15 is 0 Å². The number of phenols is 1. The van der Waals surface area contributed by atoms with Gasteiger partial charge in [0.05, 0.1) is 17.2 Å². The van der Waals surface area contributed by atoms with E-state index in [0.717, 1.165) is 0 Å². The molecule has 0 heterocycles. The Hall–Kier alpha value is -3.30. The second-order valence-corrected chi connectivity index (χ2v) is 7.31. The zero-order valence-corrected chi connectivity index (χ0v) is 16.9. The van der Waals surface area contributed by atoms with Crippen LogP contribution in [0.15, 0.2) is 76.9 Å². The molecule has 0 saturated carbocycles. The molecule has 0 aliphatic rings. The first-order chi connectivity index (χ1) is 13.8. The van der Waals surface area contributed by atoms with Crippen LogP contribution in [0.5, 0.6) is 5.75 Å². The van der Waals surface area contributed by atoms with E-state index in [1.54, 1.807) is 61.5 Å². The van der Waals surface area contributed by atoms with Gasteiger partial charge < -0.3 is 26.6 Å². The standard InChI is InChI=1S/C20H25N5O3S/c1-3-18(14-5-4-6-16(27)11-14)19(23-13(2)12-26)25-20(21)24-15-7-9-17(10-8-15)29(22)28/h3-11,13,22-23,26-27,29H,1,12H2,2H3,(H3,21,24,25)/b19-18+/t13-/m1/s1. The molecule has 154 valence electrons. The van der Waals surface area contributed by atoms with Crippen LogP contribution in [-0.2, 0) is 10.6 Å². The van der Waals surface area contributed by atoms with Gasteiger partial charge in [-0.05, 0) is 48.9 Å². The normalized spacial score (nSPS) is 14.5. The zero-order chi connectivity index (χ0) is 21.4. The number of hydrogen-bond acceptors (Lipinski definition) is 6. The van der Waals surface area contributed by atoms with E-state index in [0.29, 0.717) is 27.5 Å². The van der Waals surface area contributed by atoms with Gasteiger partial charge in [0.1, 0.15) is 11.6 Å². The van der Waals surface area contributed by atoms with E-state index in [1.165, 1.54) is 0 Å². The molecule has 8 nitrogen and oxygen atoms in total. The maximum Gasteiger partial charge on any atom is 0.199 e. The minimum Gasteiger partial charge on any atom is -0.508 e. The molecule has 0 aliphatic heterocycles. The Morgan fingerprint density at radius 3 is 2.59 bits per heavy atom. The van der Waals surface area contributed by atoms with Crippen molar-refractivity contribution in [3.05, 3.63) is 72.6 Å². The fourth-order valence-electron chi connectivity index (χ4n) is 2.45. The third-order valence-corrected chi connectivity index (χ3v) is 4.65. The molecule has 2 atom stereocenters. The van der Waals surface area contributed by atoms with E-state index < -0.39 is 10.6 Å². The first kappa shape index (κ1) is 22.0. The van der Waals surface area contributed by atoms with Gasteiger partial charge >= 0.3 is 0 Å². The molecule has 2 rings (SSSR count). The lowest BCUT2D eigenvalue weighted by molar-refractivity contribution is 0.258. The molecule has 0 amide bonds. The number of aliphatic hydroxyl groups excluding tert-OH is 1. The second-order valence-electron chi connectivity index (χ2n) is 6.21. The Labute approximate surface area is 171 Å². The van der Waals surface area contributed by atoms with Crippen molar-refractivity contribution in [2.24, 2.45) is 10.7 Å². The fourth-order valence-corrected chi connectivity index (χ4v) is 2.87. The van der Waals surface area contributed by atoms with E-state index in [4.69, 9.17) is 10.5 Å². The van der Waals surface area contributed by atoms with Crippen LogP contribution in [0.3, 0.4) is 0 Å². The molecule has 7 N–H and O–H groups in total. The quantitative estimate of drug-likeness (QED) is 0.152. The van der Waals surface area contributed by atoms with Crippen molar-refractivity contribution in [3.8, 4) is 5.75 Å². The molecule has 2 aromatic carbocycles. The van der Waals surface area contributed by atoms with Gasteiger partial charge in [0, 0.05) is 22.2 Å². The van der Waals surface area contributed by atoms with E-state index in [9.17, 15) is 14.4 Å². The summed E-state index contributed by atoms with van der Waals surface area (Å²) in [6, 6.07) is 12.8. The molecule has 0 radical (unpaired) electrons. The Kier molecular flexibility index (Phi) is 7.81. The Bertz CT molecular complexity index is 989. The van der Waals surface area contributed by atoms with Gasteiger partial charge in [0.2, 0.25) is 0 Å². The third-order valence-electron chi connectivity index (χ3n) is 3.88. The Morgan fingerprint density at radius 1 is 1.34 bits per heavy atom. The highest BCUT2D eigenvalue weighted by Gasteiger charge is 2.11. The third kappa shape index (κ3) is 6.37. The van der Waals surface area contributed by atoms with Crippen LogP contribution < -0.4 is 16.4 Å². The summed E-state index contributed by atoms with van der Waals surface area (Å²) in [7, 11) is -2.16. The first-order valence-corrected chi connectivity index (χ1v) is 10.0. The topological polar surface area (TPSA) is 144 Å². The highest BCUT2D eigenvalue weighted by molar-refractivity contribution is 7.73. The van der Waals surface area contributed by atoms with Crippen LogP contribution in [-0.4, -0.2) is 33.0 Å². The van der Waals surface area contributed by atoms with Crippen LogP contribution >= 0.6 is 0 Å². The summed E-state index contributed by atoms with van der Waals surface area (Å²) >= 11 is 0. The summed E-state index contributed by atoms with van der Waals surface area (Å²) < 4.78 is 18.5. The van der Waals surface area contributed by atoms with Crippen molar-refractivity contribution in [1.82, 2.24) is 5.32 Å². The summed E-state index contributed by atoms with van der Waals surface area (Å²) in [6.45, 7) is 5.48. The molecule has 2 aromatic rings. The van der Waals surface area contributed by atoms with Crippen molar-refractivity contribution < 1.29 is 14.4 Å². The van der Waals surface area contributed by atoms with Gasteiger partial charge in [0.25, 0.3) is 0 Å². The molecule has 29 heavy (non-hydrogen) atoms. The summed E-state index contributed by atoms with van der Waals surface area (Å²) in [5.41, 5.74) is 7.92. The molecular weight excluding hydrogens is 390 g/mol. The monoisotopic (exact) mass is 415 g/mol. The van der Waals surface area contributed by atoms with Crippen LogP contribution in [0.1, 0.15) is 12.5 Å². The average Bonchev–Trinajstić information content (AvgIpc) is 2.68. The lowest BCUT2D eigenvalue weighted by atomic mass is 10.1. The molecule has 0 aliphatic carbocycles. The fraction of sp³-hybridized carbons (Fsp3) is 0.150. The van der Waals surface area contributed by atoms with Crippen molar-refractivity contribution in [2.45, 2.75) is 17.9 Å². The van der Waals surface area contributed by atoms with Gasteiger partial charge in [-0.1, -0.05) is 24.8 Å². The summed E-state index contributed by atoms with van der Waals surface area (Å²) in [5.74, 6) is 0.530. The largest absolute Gasteiger partial charge is 0.508 e. The minimum absolute atomic E-state index is 0.0696. The van der Waals surface area contributed by atoms with Gasteiger partial charge in [-0.2, -0.15) is 4.99 Å². The number of aliphatic imine (C=N–C) groups is 1. The second kappa shape index (κ2) is 10.3. The number of nitrogens with two attached hydrogens (primary N) is 1. The molecular formula is C20H25N5O3S. The number of guanidine groups is 1. The number of rotatable bonds is 8. The minimum atomic E-state index is -2.16. The van der Waals surface area contributed by atoms with Crippen LogP contribution in [0.25, 0.3) is 5.57 Å². The lowest BCUT2D eigenvalue weighted by Gasteiger charge is -2.17. The maximum atomic E-state index is 11.2. The molecule has 1 unspecified atom stereocenters. The molecule has 9 heteroatoms. The Morgan fingerprint density at radius 2 is 2.03 bits per heavy atom. The number of aromatic hydroxyl groups is 1. The van der Waals surface area contributed by atoms with Crippen molar-refractivity contribution in [2.75, 3.05) is 11.9 Å². The number of phenolic OH excluding ortho intramolecular Hbond substituents is 1. The molecule has 0 spiro atoms. The number of aliphatic hydroxyl groups is 1. The smallest absolute Gasteiger partial charge is 0.199 e. The number of nitrogens with one attached hydrogen (secondary N) is 3. The maximum absolute atomic E-state index is 11.2. The number of nitrogens with zero attached hydrogens (tertiary/aromatic N) is 1. The zero-order valence-electron chi connectivity index (χ0n) is 16.0. The molecule has 0 bridgehead atoms. The van der Waals surface area contributed by atoms with Gasteiger partial charge in [-0.25, -0.2) is 4.21 Å². The van der Waals surface area contributed by atoms with Crippen molar-refractivity contribution >= 4 is 27.8 Å².